The van der Waals surface area contributed by atoms with Gasteiger partial charge in [0.05, 0.1) is 12.1 Å². The molecule has 0 aromatic rings. The van der Waals surface area contributed by atoms with Crippen molar-refractivity contribution in [2.24, 2.45) is 0 Å². The predicted octanol–water partition coefficient (Wildman–Crippen LogP) is 0.359. The molecule has 1 aliphatic heterocycles. The van der Waals surface area contributed by atoms with Crippen LogP contribution in [0.25, 0.3) is 0 Å². The molecule has 2 unspecified atom stereocenters. The van der Waals surface area contributed by atoms with E-state index in [9.17, 15) is 9.90 Å². The molecule has 4 nitrogen and oxygen atoms in total. The number of carbonyl (C=O) groups is 1. The van der Waals surface area contributed by atoms with Crippen molar-refractivity contribution in [1.29, 1.82) is 0 Å². The Labute approximate surface area is 102 Å². The van der Waals surface area contributed by atoms with Gasteiger partial charge >= 0.3 is 0 Å². The quantitative estimate of drug-likeness (QED) is 0.568. The summed E-state index contributed by atoms with van der Waals surface area (Å²) in [5, 5.41) is 15.2. The van der Waals surface area contributed by atoms with Crippen molar-refractivity contribution in [2.45, 2.75) is 37.8 Å². The number of hydrogen-bond donors (Lipinski definition) is 3. The molecule has 16 heavy (non-hydrogen) atoms. The number of unbranched alkanes of at least 4 members (excludes halogenated alkanes) is 2. The molecule has 0 radical (unpaired) electrons. The van der Waals surface area contributed by atoms with E-state index in [2.05, 4.69) is 16.9 Å². The Hall–Kier alpha value is -0.260. The normalized spacial score (nSPS) is 24.6. The second-order valence-electron chi connectivity index (χ2n) is 4.19. The van der Waals surface area contributed by atoms with Crippen LogP contribution in [0.4, 0.5) is 0 Å². The summed E-state index contributed by atoms with van der Waals surface area (Å²) in [5.41, 5.74) is 0. The number of rotatable bonds is 7. The number of β-amino-alcohol motifs (C(OH)–C–C–N with tert-alkyl or cyclic N) is 1. The van der Waals surface area contributed by atoms with Crippen molar-refractivity contribution in [3.05, 3.63) is 0 Å². The lowest BCUT2D eigenvalue weighted by Gasteiger charge is -2.10. The van der Waals surface area contributed by atoms with Crippen LogP contribution in [0.15, 0.2) is 0 Å². The predicted molar refractivity (Wildman–Crippen MR) is 67.7 cm³/mol. The molecule has 1 saturated heterocycles. The molecule has 0 saturated carbocycles. The minimum Gasteiger partial charge on any atom is -0.392 e. The van der Waals surface area contributed by atoms with Crippen LogP contribution in [0.1, 0.15) is 25.7 Å². The number of aliphatic hydroxyl groups excluding tert-OH is 1. The van der Waals surface area contributed by atoms with Crippen molar-refractivity contribution < 1.29 is 9.90 Å². The summed E-state index contributed by atoms with van der Waals surface area (Å²) in [6, 6.07) is -0.193. The van der Waals surface area contributed by atoms with E-state index in [1.165, 1.54) is 18.6 Å². The highest BCUT2D eigenvalue weighted by molar-refractivity contribution is 7.98. The van der Waals surface area contributed by atoms with E-state index < -0.39 is 0 Å². The zero-order valence-corrected chi connectivity index (χ0v) is 10.7. The third kappa shape index (κ3) is 5.18. The van der Waals surface area contributed by atoms with Gasteiger partial charge in [-0.2, -0.15) is 11.8 Å². The van der Waals surface area contributed by atoms with E-state index in [1.807, 2.05) is 11.8 Å². The van der Waals surface area contributed by atoms with Gasteiger partial charge in [0.2, 0.25) is 5.91 Å². The first-order chi connectivity index (χ1) is 7.74. The summed E-state index contributed by atoms with van der Waals surface area (Å²) in [6.07, 6.45) is 5.72. The zero-order chi connectivity index (χ0) is 11.8. The van der Waals surface area contributed by atoms with Gasteiger partial charge in [-0.25, -0.2) is 0 Å². The Morgan fingerprint density at radius 3 is 2.94 bits per heavy atom. The maximum Gasteiger partial charge on any atom is 0.237 e. The fourth-order valence-electron chi connectivity index (χ4n) is 1.80. The lowest BCUT2D eigenvalue weighted by Crippen LogP contribution is -2.40. The molecule has 1 heterocycles. The van der Waals surface area contributed by atoms with Gasteiger partial charge < -0.3 is 15.7 Å². The van der Waals surface area contributed by atoms with E-state index in [-0.39, 0.29) is 18.1 Å². The van der Waals surface area contributed by atoms with Crippen molar-refractivity contribution in [3.8, 4) is 0 Å². The number of nitrogens with one attached hydrogen (secondary N) is 2. The molecule has 0 aliphatic carbocycles. The van der Waals surface area contributed by atoms with E-state index in [0.717, 1.165) is 13.0 Å². The minimum absolute atomic E-state index is 0.0291. The molecule has 1 aliphatic rings. The van der Waals surface area contributed by atoms with Crippen molar-refractivity contribution in [3.63, 3.8) is 0 Å². The fraction of sp³-hybridized carbons (Fsp3) is 0.909. The van der Waals surface area contributed by atoms with Crippen molar-refractivity contribution in [2.75, 3.05) is 25.1 Å². The molecule has 0 aromatic carbocycles. The summed E-state index contributed by atoms with van der Waals surface area (Å²) >= 11 is 1.86. The zero-order valence-electron chi connectivity index (χ0n) is 9.87. The summed E-state index contributed by atoms with van der Waals surface area (Å²) in [4.78, 5) is 11.6. The molecule has 2 atom stereocenters. The largest absolute Gasteiger partial charge is 0.392 e. The topological polar surface area (TPSA) is 61.4 Å². The Kier molecular flexibility index (Phi) is 6.84. The molecule has 0 spiro atoms. The summed E-state index contributed by atoms with van der Waals surface area (Å²) < 4.78 is 0. The second-order valence-corrected chi connectivity index (χ2v) is 5.18. The molecular formula is C11H22N2O2S. The number of thioether (sulfide) groups is 1. The van der Waals surface area contributed by atoms with Crippen LogP contribution in [-0.2, 0) is 4.79 Å². The van der Waals surface area contributed by atoms with Gasteiger partial charge in [-0.15, -0.1) is 0 Å². The molecule has 1 amide bonds. The first-order valence-corrected chi connectivity index (χ1v) is 7.31. The van der Waals surface area contributed by atoms with Crippen LogP contribution < -0.4 is 10.6 Å². The standard InChI is InChI=1S/C11H22N2O2S/c1-16-6-4-2-3-5-12-11(15)10-7-9(14)8-13-10/h9-10,13-14H,2-8H2,1H3,(H,12,15). The van der Waals surface area contributed by atoms with Crippen LogP contribution in [0.2, 0.25) is 0 Å². The van der Waals surface area contributed by atoms with Crippen LogP contribution in [0.5, 0.6) is 0 Å². The van der Waals surface area contributed by atoms with Crippen molar-refractivity contribution in [1.82, 2.24) is 10.6 Å². The first-order valence-electron chi connectivity index (χ1n) is 5.92. The van der Waals surface area contributed by atoms with Crippen LogP contribution >= 0.6 is 11.8 Å². The van der Waals surface area contributed by atoms with Gasteiger partial charge in [0.15, 0.2) is 0 Å². The summed E-state index contributed by atoms with van der Waals surface area (Å²) in [7, 11) is 0. The fourth-order valence-corrected chi connectivity index (χ4v) is 2.29. The molecule has 1 fully saturated rings. The molecule has 5 heteroatoms. The molecule has 3 N–H and O–H groups in total. The van der Waals surface area contributed by atoms with E-state index in [0.29, 0.717) is 13.0 Å². The second kappa shape index (κ2) is 7.92. The smallest absolute Gasteiger partial charge is 0.237 e. The van der Waals surface area contributed by atoms with Crippen LogP contribution in [0, 0.1) is 0 Å². The van der Waals surface area contributed by atoms with Gasteiger partial charge in [0, 0.05) is 13.1 Å². The lowest BCUT2D eigenvalue weighted by molar-refractivity contribution is -0.122. The number of carbonyl (C=O) groups excluding carboxylic acids is 1. The molecule has 0 aromatic heterocycles. The highest BCUT2D eigenvalue weighted by atomic mass is 32.2. The number of amides is 1. The molecular weight excluding hydrogens is 224 g/mol. The van der Waals surface area contributed by atoms with E-state index >= 15 is 0 Å². The van der Waals surface area contributed by atoms with Gasteiger partial charge in [-0.3, -0.25) is 4.79 Å². The lowest BCUT2D eigenvalue weighted by atomic mass is 10.2. The van der Waals surface area contributed by atoms with E-state index in [1.54, 1.807) is 0 Å². The Morgan fingerprint density at radius 2 is 2.31 bits per heavy atom. The summed E-state index contributed by atoms with van der Waals surface area (Å²) in [6.45, 7) is 1.29. The summed E-state index contributed by atoms with van der Waals surface area (Å²) in [5.74, 6) is 1.23. The average Bonchev–Trinajstić information content (AvgIpc) is 2.70. The van der Waals surface area contributed by atoms with Crippen LogP contribution in [0.3, 0.4) is 0 Å². The van der Waals surface area contributed by atoms with Crippen molar-refractivity contribution >= 4 is 17.7 Å². The van der Waals surface area contributed by atoms with Gasteiger partial charge in [-0.1, -0.05) is 6.42 Å². The maximum absolute atomic E-state index is 11.6. The van der Waals surface area contributed by atoms with Gasteiger partial charge in [-0.05, 0) is 31.3 Å². The van der Waals surface area contributed by atoms with E-state index in [4.69, 9.17) is 0 Å². The first kappa shape index (κ1) is 13.8. The number of hydrogen-bond acceptors (Lipinski definition) is 4. The average molecular weight is 246 g/mol. The molecule has 94 valence electrons. The van der Waals surface area contributed by atoms with Gasteiger partial charge in [0.1, 0.15) is 0 Å². The highest BCUT2D eigenvalue weighted by Gasteiger charge is 2.27. The molecule has 1 rings (SSSR count). The van der Waals surface area contributed by atoms with Crippen LogP contribution in [-0.4, -0.2) is 48.3 Å². The van der Waals surface area contributed by atoms with Gasteiger partial charge in [0.25, 0.3) is 0 Å². The SMILES string of the molecule is CSCCCCCNC(=O)C1CC(O)CN1. The molecule has 0 bridgehead atoms. The Bertz CT molecular complexity index is 214. The minimum atomic E-state index is -0.364. The monoisotopic (exact) mass is 246 g/mol. The highest BCUT2D eigenvalue weighted by Crippen LogP contribution is 2.06. The number of aliphatic hydroxyl groups is 1. The third-order valence-electron chi connectivity index (χ3n) is 2.75. The third-order valence-corrected chi connectivity index (χ3v) is 3.45. The Morgan fingerprint density at radius 1 is 1.50 bits per heavy atom. The maximum atomic E-state index is 11.6. The Balaban J connectivity index is 1.98.